The molecule has 3 amide bonds. The van der Waals surface area contributed by atoms with Gasteiger partial charge >= 0.3 is 0 Å². The number of primary amides is 3. The summed E-state index contributed by atoms with van der Waals surface area (Å²) in [6.45, 7) is -2.04. The molecule has 1 unspecified atom stereocenters. The molecular weight excluding hydrogens is 901 g/mol. The summed E-state index contributed by atoms with van der Waals surface area (Å²) in [7, 11) is 0. The first-order valence-electron chi connectivity index (χ1n) is 27.3. The number of hydrogen-bond donors (Lipinski definition) is 6. The van der Waals surface area contributed by atoms with Crippen LogP contribution in [0.4, 0.5) is 0 Å². The zero-order valence-electron chi connectivity index (χ0n) is 45.6. The van der Waals surface area contributed by atoms with Crippen LogP contribution in [0.25, 0.3) is 49.8 Å². The number of nitrogens with two attached hydrogens (primary N) is 3. The van der Waals surface area contributed by atoms with E-state index >= 15 is 0 Å². The molecule has 3 fully saturated rings. The molecule has 0 bridgehead atoms. The van der Waals surface area contributed by atoms with E-state index in [1.165, 1.54) is 0 Å². The van der Waals surface area contributed by atoms with Gasteiger partial charge in [0.15, 0.2) is 0 Å². The first kappa shape index (κ1) is 40.7. The van der Waals surface area contributed by atoms with Crippen LogP contribution in [0, 0.1) is 0 Å². The zero-order chi connectivity index (χ0) is 54.9. The van der Waals surface area contributed by atoms with Crippen molar-refractivity contribution in [2.45, 2.75) is 56.3 Å². The Labute approximate surface area is 426 Å². The molecule has 6 heterocycles. The summed E-state index contributed by atoms with van der Waals surface area (Å²) in [4.78, 5) is 34.7. The van der Waals surface area contributed by atoms with E-state index in [0.29, 0.717) is 52.9 Å². The Bertz CT molecular complexity index is 3280. The molecule has 15 heteroatoms. The third-order valence-corrected chi connectivity index (χ3v) is 13.3. The van der Waals surface area contributed by atoms with Crippen LogP contribution in [0.5, 0.6) is 0 Å². The maximum absolute atomic E-state index is 11.6. The van der Waals surface area contributed by atoms with E-state index in [4.69, 9.17) is 25.4 Å². The molecule has 0 saturated carbocycles. The monoisotopic (exact) mass is 967 g/mol. The Morgan fingerprint density at radius 2 is 0.708 bits per heavy atom. The van der Waals surface area contributed by atoms with E-state index in [1.807, 2.05) is 110 Å². The molecule has 9 N–H and O–H groups in total. The molecule has 0 radical (unpaired) electrons. The minimum Gasteiger partial charge on any atom is -0.366 e. The number of amides is 3. The van der Waals surface area contributed by atoms with Crippen LogP contribution in [-0.2, 0) is 0 Å². The number of carbonyl (C=O) groups excluding carboxylic acids is 3. The molecule has 0 spiro atoms. The van der Waals surface area contributed by atoms with Gasteiger partial charge in [0.1, 0.15) is 16.6 Å². The first-order valence-corrected chi connectivity index (χ1v) is 24.3. The molecule has 6 aromatic carbocycles. The predicted octanol–water partition coefficient (Wildman–Crippen LogP) is 7.77. The highest BCUT2D eigenvalue weighted by atomic mass is 16.2. The summed E-state index contributed by atoms with van der Waals surface area (Å²) < 4.78 is 54.2. The Kier molecular flexibility index (Phi) is 12.2. The third kappa shape index (κ3) is 10.5. The van der Waals surface area contributed by atoms with Crippen molar-refractivity contribution in [2.75, 3.05) is 39.1 Å². The Morgan fingerprint density at radius 1 is 0.431 bits per heavy atom. The number of benzene rings is 6. The maximum atomic E-state index is 11.6. The van der Waals surface area contributed by atoms with Gasteiger partial charge in [-0.2, -0.15) is 15.3 Å². The van der Waals surface area contributed by atoms with E-state index in [2.05, 4.69) is 31.2 Å². The van der Waals surface area contributed by atoms with Crippen LogP contribution in [-0.4, -0.2) is 86.2 Å². The fourth-order valence-electron chi connectivity index (χ4n) is 9.44. The lowest BCUT2D eigenvalue weighted by Crippen LogP contribution is -2.28. The van der Waals surface area contributed by atoms with Crippen LogP contribution in [0.2, 0.25) is 0 Å². The summed E-state index contributed by atoms with van der Waals surface area (Å²) in [6, 6.07) is 39.3. The summed E-state index contributed by atoms with van der Waals surface area (Å²) in [6.07, 6.45) is 11.0. The number of rotatable bonds is 9. The van der Waals surface area contributed by atoms with Gasteiger partial charge in [-0.05, 0) is 147 Å². The van der Waals surface area contributed by atoms with Gasteiger partial charge in [0, 0.05) is 62.5 Å². The molecule has 12 rings (SSSR count). The van der Waals surface area contributed by atoms with Crippen LogP contribution in [0.1, 0.15) is 112 Å². The fraction of sp³-hybridized carbons (Fsp3) is 0.263. The summed E-state index contributed by atoms with van der Waals surface area (Å²) >= 11 is 0. The second-order valence-electron chi connectivity index (χ2n) is 18.1. The van der Waals surface area contributed by atoms with Gasteiger partial charge in [-0.15, -0.1) is 0 Å². The highest BCUT2D eigenvalue weighted by molar-refractivity contribution is 6.06. The SMILES string of the molecule is [2H]C1([2H])NCCCC1c1ccc(-n2cc3cccc(C(N)=O)c3n2)cc1.[2H]C1([2H])NCCC[C@@H]1c1ccc(-n2cc3cccc(C(N)=O)c3n2)cc1.[2H]C1([2H])NCCC[C@H]1c1ccc(-n2cc3cccc(C(N)=O)c3n2)cc1. The quantitative estimate of drug-likeness (QED) is 0.0831. The van der Waals surface area contributed by atoms with Crippen molar-refractivity contribution in [1.82, 2.24) is 45.3 Å². The number of carbonyl (C=O) groups is 3. The zero-order valence-corrected chi connectivity index (χ0v) is 39.6. The number of nitrogens with one attached hydrogen (secondary N) is 3. The number of fused-ring (bicyclic) bond motifs is 3. The lowest BCUT2D eigenvalue weighted by Gasteiger charge is -2.23. The van der Waals surface area contributed by atoms with Gasteiger partial charge in [0.2, 0.25) is 0 Å². The fourth-order valence-corrected chi connectivity index (χ4v) is 9.44. The number of piperidine rings is 3. The van der Waals surface area contributed by atoms with Crippen molar-refractivity contribution >= 4 is 50.4 Å². The second-order valence-corrected chi connectivity index (χ2v) is 18.1. The van der Waals surface area contributed by atoms with Crippen LogP contribution >= 0.6 is 0 Å². The molecular formula is C57H60N12O3. The molecule has 3 saturated heterocycles. The smallest absolute Gasteiger partial charge is 0.250 e. The minimum atomic E-state index is -1.39. The topological polar surface area (TPSA) is 219 Å². The van der Waals surface area contributed by atoms with E-state index in [1.54, 1.807) is 50.4 Å². The van der Waals surface area contributed by atoms with Crippen LogP contribution < -0.4 is 33.2 Å². The van der Waals surface area contributed by atoms with E-state index < -0.39 is 37.2 Å². The Morgan fingerprint density at radius 3 is 0.958 bits per heavy atom. The van der Waals surface area contributed by atoms with Gasteiger partial charge in [0.25, 0.3) is 17.7 Å². The van der Waals surface area contributed by atoms with E-state index in [0.717, 1.165) is 88.4 Å². The average molecular weight is 967 g/mol. The molecule has 3 atom stereocenters. The standard InChI is InChI=1S/3C19H20N4O/c3*20-19(24)17-5-1-3-15-12-23(22-18(15)17)16-8-6-13(7-9-16)14-4-2-10-21-11-14/h3*1,3,5-9,12,14,21H,2,4,10-11H2,(H2,20,24)/t2*14-;/m10./s1/i3*11D2. The average Bonchev–Trinajstić information content (AvgIpc) is 4.24. The van der Waals surface area contributed by atoms with Crippen molar-refractivity contribution in [2.24, 2.45) is 17.2 Å². The van der Waals surface area contributed by atoms with Crippen molar-refractivity contribution in [3.05, 3.63) is 179 Å². The molecule has 3 aromatic heterocycles. The van der Waals surface area contributed by atoms with Crippen molar-refractivity contribution in [1.29, 1.82) is 0 Å². The summed E-state index contributed by atoms with van der Waals surface area (Å²) in [5.74, 6) is -1.98. The Hall–Kier alpha value is -7.98. The molecule has 15 nitrogen and oxygen atoms in total. The van der Waals surface area contributed by atoms with Crippen molar-refractivity contribution < 1.29 is 22.6 Å². The van der Waals surface area contributed by atoms with E-state index in [9.17, 15) is 14.4 Å². The van der Waals surface area contributed by atoms with Gasteiger partial charge < -0.3 is 33.2 Å². The second kappa shape index (κ2) is 21.6. The third-order valence-electron chi connectivity index (χ3n) is 13.3. The minimum absolute atomic E-state index is 0.163. The number of hydrogen-bond acceptors (Lipinski definition) is 9. The highest BCUT2D eigenvalue weighted by Gasteiger charge is 2.19. The first-order chi connectivity index (χ1) is 37.4. The molecule has 3 aliphatic heterocycles. The van der Waals surface area contributed by atoms with Gasteiger partial charge in [-0.25, -0.2) is 14.0 Å². The highest BCUT2D eigenvalue weighted by Crippen LogP contribution is 2.29. The van der Waals surface area contributed by atoms with Gasteiger partial charge in [-0.1, -0.05) is 72.8 Å². The lowest BCUT2D eigenvalue weighted by molar-refractivity contribution is 0.0993. The summed E-state index contributed by atoms with van der Waals surface area (Å²) in [5, 5.41) is 24.9. The Balaban J connectivity index is 0.000000132. The van der Waals surface area contributed by atoms with Gasteiger partial charge in [0.05, 0.1) is 33.8 Å². The molecule has 0 aliphatic carbocycles. The molecule has 366 valence electrons. The normalized spacial score (nSPS) is 21.2. The van der Waals surface area contributed by atoms with Crippen LogP contribution in [0.15, 0.2) is 146 Å². The van der Waals surface area contributed by atoms with Crippen molar-refractivity contribution in [3.63, 3.8) is 0 Å². The van der Waals surface area contributed by atoms with Crippen molar-refractivity contribution in [3.8, 4) is 17.1 Å². The molecule has 9 aromatic rings. The number of nitrogens with zero attached hydrogens (tertiary/aromatic N) is 6. The van der Waals surface area contributed by atoms with Crippen LogP contribution in [0.3, 0.4) is 0 Å². The molecule has 72 heavy (non-hydrogen) atoms. The number of aromatic nitrogens is 6. The predicted molar refractivity (Wildman–Crippen MR) is 283 cm³/mol. The largest absolute Gasteiger partial charge is 0.366 e. The maximum Gasteiger partial charge on any atom is 0.250 e. The lowest BCUT2D eigenvalue weighted by atomic mass is 9.92. The van der Waals surface area contributed by atoms with Gasteiger partial charge in [-0.3, -0.25) is 14.4 Å². The summed E-state index contributed by atoms with van der Waals surface area (Å²) in [5.41, 5.74) is 24.7. The van der Waals surface area contributed by atoms with E-state index in [-0.39, 0.29) is 17.8 Å². The molecule has 3 aliphatic rings.